The number of rotatable bonds is 3. The summed E-state index contributed by atoms with van der Waals surface area (Å²) in [6, 6.07) is 2.22. The summed E-state index contributed by atoms with van der Waals surface area (Å²) < 4.78 is 1.17. The number of likely N-dealkylation sites (tertiary alicyclic amines) is 1. The minimum absolute atomic E-state index is 0.141. The molecule has 2 nitrogen and oxygen atoms in total. The Bertz CT molecular complexity index is 377. The van der Waals surface area contributed by atoms with Crippen molar-refractivity contribution in [3.8, 4) is 0 Å². The van der Waals surface area contributed by atoms with E-state index >= 15 is 0 Å². The number of piperidine rings is 1. The van der Waals surface area contributed by atoms with Crippen LogP contribution in [0.5, 0.6) is 0 Å². The standard InChI is InChI=1S/C12H16BrNOS/c1-9(15)11-4-2-3-6-14(11)8-12-10(13)5-7-16-12/h5,7,11H,2-4,6,8H2,1H3. The molecule has 0 aliphatic carbocycles. The van der Waals surface area contributed by atoms with E-state index in [2.05, 4.69) is 32.3 Å². The van der Waals surface area contributed by atoms with Crippen molar-refractivity contribution in [1.29, 1.82) is 0 Å². The summed E-state index contributed by atoms with van der Waals surface area (Å²) in [5.41, 5.74) is 0. The molecule has 16 heavy (non-hydrogen) atoms. The highest BCUT2D eigenvalue weighted by Crippen LogP contribution is 2.27. The molecule has 2 heterocycles. The van der Waals surface area contributed by atoms with Crippen LogP contribution in [0.2, 0.25) is 0 Å². The van der Waals surface area contributed by atoms with Crippen molar-refractivity contribution in [1.82, 2.24) is 4.90 Å². The molecule has 1 aromatic rings. The lowest BCUT2D eigenvalue weighted by molar-refractivity contribution is -0.123. The summed E-state index contributed by atoms with van der Waals surface area (Å²) in [6.45, 7) is 3.67. The predicted octanol–water partition coefficient (Wildman–Crippen LogP) is 3.45. The van der Waals surface area contributed by atoms with Gasteiger partial charge in [-0.3, -0.25) is 9.69 Å². The van der Waals surface area contributed by atoms with E-state index in [1.165, 1.54) is 22.2 Å². The predicted molar refractivity (Wildman–Crippen MR) is 70.7 cm³/mol. The van der Waals surface area contributed by atoms with Gasteiger partial charge in [-0.05, 0) is 53.7 Å². The zero-order valence-corrected chi connectivity index (χ0v) is 11.8. The van der Waals surface area contributed by atoms with Crippen LogP contribution in [0.25, 0.3) is 0 Å². The van der Waals surface area contributed by atoms with E-state index in [-0.39, 0.29) is 6.04 Å². The maximum Gasteiger partial charge on any atom is 0.146 e. The second-order valence-electron chi connectivity index (χ2n) is 4.28. The Kier molecular flexibility index (Phi) is 4.16. The average molecular weight is 302 g/mol. The molecule has 1 saturated heterocycles. The van der Waals surface area contributed by atoms with Crippen LogP contribution < -0.4 is 0 Å². The fourth-order valence-corrected chi connectivity index (χ4v) is 3.77. The molecule has 1 aliphatic rings. The van der Waals surface area contributed by atoms with Gasteiger partial charge in [0, 0.05) is 15.9 Å². The number of ketones is 1. The number of carbonyl (C=O) groups is 1. The minimum atomic E-state index is 0.141. The number of hydrogen-bond acceptors (Lipinski definition) is 3. The Hall–Kier alpha value is -0.190. The zero-order valence-electron chi connectivity index (χ0n) is 9.41. The van der Waals surface area contributed by atoms with Gasteiger partial charge in [0.05, 0.1) is 6.04 Å². The Balaban J connectivity index is 2.07. The molecule has 1 atom stereocenters. The van der Waals surface area contributed by atoms with Gasteiger partial charge in [-0.15, -0.1) is 11.3 Å². The van der Waals surface area contributed by atoms with Crippen LogP contribution in [0.15, 0.2) is 15.9 Å². The molecule has 2 rings (SSSR count). The van der Waals surface area contributed by atoms with Crippen LogP contribution in [0, 0.1) is 0 Å². The van der Waals surface area contributed by atoms with E-state index < -0.39 is 0 Å². The third-order valence-corrected chi connectivity index (χ3v) is 5.03. The van der Waals surface area contributed by atoms with Gasteiger partial charge in [0.1, 0.15) is 5.78 Å². The first-order chi connectivity index (χ1) is 7.68. The van der Waals surface area contributed by atoms with Crippen molar-refractivity contribution < 1.29 is 4.79 Å². The Morgan fingerprint density at radius 3 is 3.06 bits per heavy atom. The van der Waals surface area contributed by atoms with Crippen LogP contribution in [0.1, 0.15) is 31.1 Å². The molecular weight excluding hydrogens is 286 g/mol. The maximum absolute atomic E-state index is 11.6. The number of halogens is 1. The van der Waals surface area contributed by atoms with E-state index in [4.69, 9.17) is 0 Å². The van der Waals surface area contributed by atoms with Crippen LogP contribution >= 0.6 is 27.3 Å². The highest BCUT2D eigenvalue weighted by atomic mass is 79.9. The van der Waals surface area contributed by atoms with E-state index in [9.17, 15) is 4.79 Å². The molecule has 4 heteroatoms. The lowest BCUT2D eigenvalue weighted by Crippen LogP contribution is -2.43. The van der Waals surface area contributed by atoms with Gasteiger partial charge in [-0.1, -0.05) is 6.42 Å². The van der Waals surface area contributed by atoms with Crippen LogP contribution in [-0.4, -0.2) is 23.3 Å². The number of thiophene rings is 1. The number of Topliss-reactive ketones (excluding diaryl/α,β-unsaturated/α-hetero) is 1. The normalized spacial score (nSPS) is 22.2. The van der Waals surface area contributed by atoms with Gasteiger partial charge >= 0.3 is 0 Å². The van der Waals surface area contributed by atoms with Crippen LogP contribution in [-0.2, 0) is 11.3 Å². The molecule has 0 bridgehead atoms. The fraction of sp³-hybridized carbons (Fsp3) is 0.583. The zero-order chi connectivity index (χ0) is 11.5. The number of nitrogens with zero attached hydrogens (tertiary/aromatic N) is 1. The quantitative estimate of drug-likeness (QED) is 0.852. The third kappa shape index (κ3) is 2.73. The van der Waals surface area contributed by atoms with Crippen molar-refractivity contribution in [2.45, 2.75) is 38.8 Å². The molecule has 1 unspecified atom stereocenters. The van der Waals surface area contributed by atoms with E-state index in [1.54, 1.807) is 18.3 Å². The van der Waals surface area contributed by atoms with Gasteiger partial charge in [0.15, 0.2) is 0 Å². The largest absolute Gasteiger partial charge is 0.298 e. The molecule has 0 radical (unpaired) electrons. The lowest BCUT2D eigenvalue weighted by atomic mass is 9.99. The summed E-state index contributed by atoms with van der Waals surface area (Å²) in [7, 11) is 0. The molecule has 0 aromatic carbocycles. The van der Waals surface area contributed by atoms with Gasteiger partial charge in [0.2, 0.25) is 0 Å². The first-order valence-corrected chi connectivity index (χ1v) is 7.32. The summed E-state index contributed by atoms with van der Waals surface area (Å²) in [6.07, 6.45) is 3.43. The second kappa shape index (κ2) is 5.43. The van der Waals surface area contributed by atoms with Crippen LogP contribution in [0.4, 0.5) is 0 Å². The van der Waals surface area contributed by atoms with E-state index in [1.807, 2.05) is 0 Å². The number of carbonyl (C=O) groups excluding carboxylic acids is 1. The molecule has 1 fully saturated rings. The van der Waals surface area contributed by atoms with E-state index in [0.717, 1.165) is 19.5 Å². The summed E-state index contributed by atoms with van der Waals surface area (Å²) in [5, 5.41) is 2.09. The Morgan fingerprint density at radius 2 is 2.44 bits per heavy atom. The first-order valence-electron chi connectivity index (χ1n) is 5.65. The molecule has 0 amide bonds. The number of hydrogen-bond donors (Lipinski definition) is 0. The van der Waals surface area contributed by atoms with Crippen LogP contribution in [0.3, 0.4) is 0 Å². The van der Waals surface area contributed by atoms with Crippen molar-refractivity contribution in [2.24, 2.45) is 0 Å². The van der Waals surface area contributed by atoms with Crippen molar-refractivity contribution in [3.63, 3.8) is 0 Å². The van der Waals surface area contributed by atoms with E-state index in [0.29, 0.717) is 5.78 Å². The minimum Gasteiger partial charge on any atom is -0.298 e. The summed E-state index contributed by atoms with van der Waals surface area (Å²) in [4.78, 5) is 15.2. The molecule has 0 spiro atoms. The summed E-state index contributed by atoms with van der Waals surface area (Å²) in [5.74, 6) is 0.312. The van der Waals surface area contributed by atoms with Gasteiger partial charge in [-0.25, -0.2) is 0 Å². The highest BCUT2D eigenvalue weighted by Gasteiger charge is 2.26. The van der Waals surface area contributed by atoms with Gasteiger partial charge in [0.25, 0.3) is 0 Å². The van der Waals surface area contributed by atoms with Crippen molar-refractivity contribution in [3.05, 3.63) is 20.8 Å². The highest BCUT2D eigenvalue weighted by molar-refractivity contribution is 9.10. The maximum atomic E-state index is 11.6. The SMILES string of the molecule is CC(=O)C1CCCCN1Cc1sccc1Br. The second-order valence-corrected chi connectivity index (χ2v) is 6.14. The molecule has 88 valence electrons. The average Bonchev–Trinajstić information content (AvgIpc) is 2.65. The Morgan fingerprint density at radius 1 is 1.62 bits per heavy atom. The van der Waals surface area contributed by atoms with Crippen molar-refractivity contribution >= 4 is 33.0 Å². The fourth-order valence-electron chi connectivity index (χ4n) is 2.26. The topological polar surface area (TPSA) is 20.3 Å². The van der Waals surface area contributed by atoms with Gasteiger partial charge in [-0.2, -0.15) is 0 Å². The molecule has 0 saturated carbocycles. The monoisotopic (exact) mass is 301 g/mol. The smallest absolute Gasteiger partial charge is 0.146 e. The lowest BCUT2D eigenvalue weighted by Gasteiger charge is -2.33. The van der Waals surface area contributed by atoms with Crippen molar-refractivity contribution in [2.75, 3.05) is 6.54 Å². The molecule has 1 aliphatic heterocycles. The van der Waals surface area contributed by atoms with Gasteiger partial charge < -0.3 is 0 Å². The summed E-state index contributed by atoms with van der Waals surface area (Å²) >= 11 is 5.31. The third-order valence-electron chi connectivity index (χ3n) is 3.12. The molecule has 1 aromatic heterocycles. The Labute approximate surface area is 109 Å². The molecule has 0 N–H and O–H groups in total. The first kappa shape index (κ1) is 12.3. The molecular formula is C12H16BrNOS.